The number of carbonyl (C=O) groups is 2. The number of urea groups is 1. The van der Waals surface area contributed by atoms with E-state index in [2.05, 4.69) is 16.0 Å². The fourth-order valence-electron chi connectivity index (χ4n) is 1.63. The van der Waals surface area contributed by atoms with E-state index in [1.165, 1.54) is 18.2 Å². The molecule has 0 fully saturated rings. The van der Waals surface area contributed by atoms with Crippen molar-refractivity contribution in [1.82, 2.24) is 5.32 Å². The summed E-state index contributed by atoms with van der Waals surface area (Å²) in [7, 11) is 0. The summed E-state index contributed by atoms with van der Waals surface area (Å²) in [4.78, 5) is 23.2. The van der Waals surface area contributed by atoms with Gasteiger partial charge in [-0.25, -0.2) is 9.18 Å². The Morgan fingerprint density at radius 1 is 1.00 bits per heavy atom. The molecule has 0 aliphatic heterocycles. The number of para-hydroxylation sites is 1. The van der Waals surface area contributed by atoms with Crippen molar-refractivity contribution in [3.05, 3.63) is 59.4 Å². The Morgan fingerprint density at radius 2 is 1.68 bits per heavy atom. The lowest BCUT2D eigenvalue weighted by atomic mass is 10.3. The van der Waals surface area contributed by atoms with Crippen LogP contribution in [0.15, 0.2) is 48.5 Å². The van der Waals surface area contributed by atoms with Crippen LogP contribution in [0.2, 0.25) is 5.02 Å². The van der Waals surface area contributed by atoms with E-state index >= 15 is 0 Å². The lowest BCUT2D eigenvalue weighted by Gasteiger charge is -2.09. The van der Waals surface area contributed by atoms with Crippen molar-refractivity contribution in [2.75, 3.05) is 17.2 Å². The van der Waals surface area contributed by atoms with Crippen molar-refractivity contribution in [3.8, 4) is 0 Å². The molecule has 0 heterocycles. The zero-order valence-electron chi connectivity index (χ0n) is 11.4. The van der Waals surface area contributed by atoms with Crippen LogP contribution in [-0.2, 0) is 4.79 Å². The van der Waals surface area contributed by atoms with Gasteiger partial charge in [-0.1, -0.05) is 23.7 Å². The topological polar surface area (TPSA) is 70.2 Å². The summed E-state index contributed by atoms with van der Waals surface area (Å²) >= 11 is 5.73. The molecule has 0 aliphatic carbocycles. The molecular weight excluding hydrogens is 309 g/mol. The fraction of sp³-hybridized carbons (Fsp3) is 0.0667. The van der Waals surface area contributed by atoms with Gasteiger partial charge in [-0.3, -0.25) is 4.79 Å². The van der Waals surface area contributed by atoms with Gasteiger partial charge in [0.25, 0.3) is 0 Å². The molecule has 7 heteroatoms. The van der Waals surface area contributed by atoms with Gasteiger partial charge in [-0.2, -0.15) is 0 Å². The maximum atomic E-state index is 13.3. The second-order valence-corrected chi connectivity index (χ2v) is 4.78. The van der Waals surface area contributed by atoms with E-state index in [1.807, 2.05) is 0 Å². The van der Waals surface area contributed by atoms with Crippen LogP contribution in [-0.4, -0.2) is 18.5 Å². The molecule has 5 nitrogen and oxygen atoms in total. The average Bonchev–Trinajstić information content (AvgIpc) is 2.50. The smallest absolute Gasteiger partial charge is 0.319 e. The highest BCUT2D eigenvalue weighted by Gasteiger charge is 2.08. The van der Waals surface area contributed by atoms with E-state index in [9.17, 15) is 14.0 Å². The zero-order valence-corrected chi connectivity index (χ0v) is 12.2. The van der Waals surface area contributed by atoms with Gasteiger partial charge in [0, 0.05) is 10.7 Å². The van der Waals surface area contributed by atoms with Gasteiger partial charge in [-0.05, 0) is 36.4 Å². The number of halogens is 2. The van der Waals surface area contributed by atoms with Gasteiger partial charge in [0.15, 0.2) is 0 Å². The number of carbonyl (C=O) groups excluding carboxylic acids is 2. The third kappa shape index (κ3) is 4.75. The minimum Gasteiger partial charge on any atom is -0.329 e. The highest BCUT2D eigenvalue weighted by atomic mass is 35.5. The van der Waals surface area contributed by atoms with Crippen LogP contribution in [0.25, 0.3) is 0 Å². The van der Waals surface area contributed by atoms with E-state index < -0.39 is 17.8 Å². The highest BCUT2D eigenvalue weighted by Crippen LogP contribution is 2.13. The fourth-order valence-corrected chi connectivity index (χ4v) is 1.75. The Morgan fingerprint density at radius 3 is 2.36 bits per heavy atom. The molecule has 0 aromatic heterocycles. The predicted octanol–water partition coefficient (Wildman–Crippen LogP) is 3.24. The van der Waals surface area contributed by atoms with Gasteiger partial charge in [0.2, 0.25) is 5.91 Å². The number of nitrogens with one attached hydrogen (secondary N) is 3. The molecule has 114 valence electrons. The van der Waals surface area contributed by atoms with Gasteiger partial charge in [-0.15, -0.1) is 0 Å². The Bertz CT molecular complexity index is 677. The summed E-state index contributed by atoms with van der Waals surface area (Å²) in [5.41, 5.74) is 0.601. The second-order valence-electron chi connectivity index (χ2n) is 4.34. The van der Waals surface area contributed by atoms with Crippen molar-refractivity contribution >= 4 is 34.9 Å². The van der Waals surface area contributed by atoms with Crippen LogP contribution in [0, 0.1) is 5.82 Å². The van der Waals surface area contributed by atoms with E-state index in [0.717, 1.165) is 0 Å². The van der Waals surface area contributed by atoms with E-state index in [1.54, 1.807) is 30.3 Å². The van der Waals surface area contributed by atoms with Gasteiger partial charge < -0.3 is 16.0 Å². The molecule has 2 rings (SSSR count). The van der Waals surface area contributed by atoms with Gasteiger partial charge in [0.1, 0.15) is 5.82 Å². The molecule has 0 atom stereocenters. The number of anilines is 2. The number of amides is 3. The van der Waals surface area contributed by atoms with E-state index in [-0.39, 0.29) is 12.2 Å². The number of rotatable bonds is 4. The summed E-state index contributed by atoms with van der Waals surface area (Å²) < 4.78 is 13.3. The number of benzene rings is 2. The quantitative estimate of drug-likeness (QED) is 0.809. The molecule has 0 unspecified atom stereocenters. The van der Waals surface area contributed by atoms with Crippen LogP contribution < -0.4 is 16.0 Å². The maximum Gasteiger partial charge on any atom is 0.319 e. The molecule has 0 spiro atoms. The van der Waals surface area contributed by atoms with Crippen molar-refractivity contribution in [1.29, 1.82) is 0 Å². The summed E-state index contributed by atoms with van der Waals surface area (Å²) in [5, 5.41) is 7.82. The maximum absolute atomic E-state index is 13.3. The summed E-state index contributed by atoms with van der Waals surface area (Å²) in [6.45, 7) is -0.284. The van der Waals surface area contributed by atoms with E-state index in [4.69, 9.17) is 11.6 Å². The van der Waals surface area contributed by atoms with Gasteiger partial charge in [0.05, 0.1) is 12.2 Å². The average molecular weight is 322 g/mol. The molecular formula is C15H13ClFN3O2. The minimum absolute atomic E-state index is 0.0624. The van der Waals surface area contributed by atoms with Gasteiger partial charge >= 0.3 is 6.03 Å². The molecule has 3 amide bonds. The molecule has 0 saturated carbocycles. The Balaban J connectivity index is 1.79. The largest absolute Gasteiger partial charge is 0.329 e. The van der Waals surface area contributed by atoms with Crippen LogP contribution in [0.4, 0.5) is 20.6 Å². The summed E-state index contributed by atoms with van der Waals surface area (Å²) in [6.07, 6.45) is 0. The number of hydrogen-bond acceptors (Lipinski definition) is 2. The SMILES string of the molecule is O=C(CNC(=O)Nc1ccc(Cl)cc1)Nc1ccccc1F. The Labute approximate surface area is 131 Å². The molecule has 0 aliphatic rings. The van der Waals surface area contributed by atoms with Crippen LogP contribution in [0.1, 0.15) is 0 Å². The first-order valence-corrected chi connectivity index (χ1v) is 6.77. The minimum atomic E-state index is -0.550. The number of hydrogen-bond donors (Lipinski definition) is 3. The summed E-state index contributed by atoms with van der Waals surface area (Å²) in [5.74, 6) is -1.07. The molecule has 2 aromatic carbocycles. The molecule has 0 bridgehead atoms. The van der Waals surface area contributed by atoms with Crippen LogP contribution in [0.5, 0.6) is 0 Å². The monoisotopic (exact) mass is 321 g/mol. The first-order valence-electron chi connectivity index (χ1n) is 6.39. The third-order valence-electron chi connectivity index (χ3n) is 2.66. The lowest BCUT2D eigenvalue weighted by molar-refractivity contribution is -0.115. The molecule has 22 heavy (non-hydrogen) atoms. The predicted molar refractivity (Wildman–Crippen MR) is 83.5 cm³/mol. The Hall–Kier alpha value is -2.60. The van der Waals surface area contributed by atoms with Crippen LogP contribution in [0.3, 0.4) is 0 Å². The third-order valence-corrected chi connectivity index (χ3v) is 2.91. The Kier molecular flexibility index (Phi) is 5.32. The van der Waals surface area contributed by atoms with E-state index in [0.29, 0.717) is 10.7 Å². The highest BCUT2D eigenvalue weighted by molar-refractivity contribution is 6.30. The summed E-state index contributed by atoms with van der Waals surface area (Å²) in [6, 6.07) is 11.7. The molecule has 0 saturated heterocycles. The normalized spacial score (nSPS) is 9.91. The first kappa shape index (κ1) is 15.8. The van der Waals surface area contributed by atoms with Crippen molar-refractivity contribution in [3.63, 3.8) is 0 Å². The second kappa shape index (κ2) is 7.42. The van der Waals surface area contributed by atoms with Crippen LogP contribution >= 0.6 is 11.6 Å². The van der Waals surface area contributed by atoms with Crippen molar-refractivity contribution in [2.45, 2.75) is 0 Å². The standard InChI is InChI=1S/C15H13ClFN3O2/c16-10-5-7-11(8-6-10)19-15(22)18-9-14(21)20-13-4-2-1-3-12(13)17/h1-8H,9H2,(H,20,21)(H2,18,19,22). The van der Waals surface area contributed by atoms with Crippen molar-refractivity contribution < 1.29 is 14.0 Å². The van der Waals surface area contributed by atoms with Crippen molar-refractivity contribution in [2.24, 2.45) is 0 Å². The molecule has 2 aromatic rings. The zero-order chi connectivity index (χ0) is 15.9. The first-order chi connectivity index (χ1) is 10.5. The molecule has 3 N–H and O–H groups in total. The molecule has 0 radical (unpaired) electrons. The lowest BCUT2D eigenvalue weighted by Crippen LogP contribution is -2.35.